The number of hydrogen-bond acceptors (Lipinski definition) is 4. The zero-order chi connectivity index (χ0) is 19.6. The first-order valence-corrected chi connectivity index (χ1v) is 8.52. The summed E-state index contributed by atoms with van der Waals surface area (Å²) in [5, 5.41) is 12.0. The summed E-state index contributed by atoms with van der Waals surface area (Å²) < 4.78 is 37.7. The van der Waals surface area contributed by atoms with Gasteiger partial charge in [-0.3, -0.25) is 9.78 Å². The van der Waals surface area contributed by atoms with E-state index in [1.54, 1.807) is 35.8 Å². The lowest BCUT2D eigenvalue weighted by Gasteiger charge is -2.22. The molecule has 1 heterocycles. The first kappa shape index (κ1) is 19.3. The largest absolute Gasteiger partial charge is 0.386 e. The highest BCUT2D eigenvalue weighted by Crippen LogP contribution is 2.41. The number of aromatic nitrogens is 1. The van der Waals surface area contributed by atoms with E-state index in [0.29, 0.717) is 5.56 Å². The second-order valence-electron chi connectivity index (χ2n) is 6.73. The Kier molecular flexibility index (Phi) is 5.48. The van der Waals surface area contributed by atoms with Crippen LogP contribution in [0.4, 0.5) is 13.2 Å². The molecule has 1 aliphatic rings. The second kappa shape index (κ2) is 7.66. The summed E-state index contributed by atoms with van der Waals surface area (Å²) >= 11 is 0. The molecule has 0 bridgehead atoms. The van der Waals surface area contributed by atoms with Crippen LogP contribution >= 0.6 is 0 Å². The molecule has 1 saturated carbocycles. The van der Waals surface area contributed by atoms with Gasteiger partial charge < -0.3 is 16.2 Å². The Bertz CT molecular complexity index is 793. The number of carbonyl (C=O) groups is 1. The van der Waals surface area contributed by atoms with Crippen molar-refractivity contribution in [2.24, 2.45) is 5.73 Å². The lowest BCUT2D eigenvalue weighted by molar-refractivity contribution is -0.133. The fraction of sp³-hybridized carbons (Fsp3) is 0.368. The van der Waals surface area contributed by atoms with Gasteiger partial charge in [0.05, 0.1) is 17.3 Å². The van der Waals surface area contributed by atoms with Gasteiger partial charge in [-0.1, -0.05) is 30.3 Å². The smallest absolute Gasteiger partial charge is 0.315 e. The van der Waals surface area contributed by atoms with Gasteiger partial charge in [0.25, 0.3) is 5.91 Å². The van der Waals surface area contributed by atoms with Gasteiger partial charge in [-0.2, -0.15) is 8.78 Å². The highest BCUT2D eigenvalue weighted by atomic mass is 19.3. The van der Waals surface area contributed by atoms with Crippen LogP contribution in [0, 0.1) is 0 Å². The van der Waals surface area contributed by atoms with Gasteiger partial charge in [0.2, 0.25) is 0 Å². The number of halogens is 3. The number of aliphatic hydroxyl groups excluding tert-OH is 1. The van der Waals surface area contributed by atoms with Crippen molar-refractivity contribution in [3.05, 3.63) is 53.9 Å². The molecule has 0 radical (unpaired) electrons. The standard InChI is InChI=1S/C19H20F3N3O2/c20-9-14(25-18(27)17(21)22)16(26)12-3-1-11(2-4-12)13-5-6-15(24-10-13)19(23)7-8-19/h1-6,10,14,16-17,26H,7-9,23H2,(H,25,27)/t14-,16+/m1/s1. The van der Waals surface area contributed by atoms with Gasteiger partial charge in [0.1, 0.15) is 12.8 Å². The predicted octanol–water partition coefficient (Wildman–Crippen LogP) is 2.45. The summed E-state index contributed by atoms with van der Waals surface area (Å²) in [4.78, 5) is 15.4. The van der Waals surface area contributed by atoms with E-state index < -0.39 is 31.2 Å². The van der Waals surface area contributed by atoms with E-state index in [0.717, 1.165) is 29.7 Å². The molecule has 1 aliphatic carbocycles. The molecule has 1 aromatic heterocycles. The van der Waals surface area contributed by atoms with Crippen LogP contribution < -0.4 is 11.1 Å². The number of hydrogen-bond donors (Lipinski definition) is 3. The third-order valence-electron chi connectivity index (χ3n) is 4.72. The van der Waals surface area contributed by atoms with Crippen molar-refractivity contribution < 1.29 is 23.1 Å². The van der Waals surface area contributed by atoms with Crippen LogP contribution in [-0.4, -0.2) is 35.1 Å². The fourth-order valence-electron chi connectivity index (χ4n) is 2.80. The predicted molar refractivity (Wildman–Crippen MR) is 93.6 cm³/mol. The Morgan fingerprint density at radius 2 is 1.81 bits per heavy atom. The maximum absolute atomic E-state index is 13.1. The number of aliphatic hydroxyl groups is 1. The van der Waals surface area contributed by atoms with E-state index in [9.17, 15) is 23.1 Å². The van der Waals surface area contributed by atoms with Crippen molar-refractivity contribution in [3.63, 3.8) is 0 Å². The fourth-order valence-corrected chi connectivity index (χ4v) is 2.80. The van der Waals surface area contributed by atoms with E-state index in [1.807, 2.05) is 12.1 Å². The summed E-state index contributed by atoms with van der Waals surface area (Å²) in [5.41, 5.74) is 8.61. The molecule has 0 spiro atoms. The number of amides is 1. The third-order valence-corrected chi connectivity index (χ3v) is 4.72. The van der Waals surface area contributed by atoms with Crippen molar-refractivity contribution in [2.45, 2.75) is 37.0 Å². The third kappa shape index (κ3) is 4.28. The summed E-state index contributed by atoms with van der Waals surface area (Å²) in [6.07, 6.45) is -1.17. The Hall–Kier alpha value is -2.45. The molecule has 4 N–H and O–H groups in total. The minimum absolute atomic E-state index is 0.305. The van der Waals surface area contributed by atoms with Crippen LogP contribution in [0.5, 0.6) is 0 Å². The molecule has 8 heteroatoms. The zero-order valence-corrected chi connectivity index (χ0v) is 14.4. The molecule has 144 valence electrons. The number of alkyl halides is 3. The highest BCUT2D eigenvalue weighted by Gasteiger charge is 2.41. The molecule has 1 aromatic carbocycles. The molecular weight excluding hydrogens is 359 g/mol. The van der Waals surface area contributed by atoms with Gasteiger partial charge in [-0.05, 0) is 30.0 Å². The van der Waals surface area contributed by atoms with Crippen LogP contribution in [0.1, 0.15) is 30.2 Å². The molecular formula is C19H20F3N3O2. The number of nitrogens with one attached hydrogen (secondary N) is 1. The molecule has 2 aromatic rings. The Labute approximate surface area is 154 Å². The quantitative estimate of drug-likeness (QED) is 0.690. The molecule has 5 nitrogen and oxygen atoms in total. The molecule has 3 rings (SSSR count). The minimum atomic E-state index is -3.27. The average Bonchev–Trinajstić information content (AvgIpc) is 3.44. The number of benzene rings is 1. The van der Waals surface area contributed by atoms with Gasteiger partial charge in [0, 0.05) is 11.8 Å². The lowest BCUT2D eigenvalue weighted by atomic mass is 9.99. The number of carbonyl (C=O) groups excluding carboxylic acids is 1. The van der Waals surface area contributed by atoms with E-state index in [1.165, 1.54) is 0 Å². The highest BCUT2D eigenvalue weighted by molar-refractivity contribution is 5.79. The Morgan fingerprint density at radius 3 is 2.30 bits per heavy atom. The topological polar surface area (TPSA) is 88.2 Å². The van der Waals surface area contributed by atoms with Crippen LogP contribution in [-0.2, 0) is 10.3 Å². The molecule has 1 fully saturated rings. The maximum atomic E-state index is 13.1. The van der Waals surface area contributed by atoms with Gasteiger partial charge in [-0.25, -0.2) is 4.39 Å². The lowest BCUT2D eigenvalue weighted by Crippen LogP contribution is -2.43. The molecule has 0 saturated heterocycles. The average molecular weight is 379 g/mol. The second-order valence-corrected chi connectivity index (χ2v) is 6.73. The Balaban J connectivity index is 1.71. The summed E-state index contributed by atoms with van der Waals surface area (Å²) in [5.74, 6) is -1.62. The van der Waals surface area contributed by atoms with E-state index in [4.69, 9.17) is 5.73 Å². The zero-order valence-electron chi connectivity index (χ0n) is 14.4. The number of nitrogens with zero attached hydrogens (tertiary/aromatic N) is 1. The SMILES string of the molecule is NC1(c2ccc(-c3ccc([C@H](O)[C@@H](CF)NC(=O)C(F)F)cc3)cn2)CC1. The van der Waals surface area contributed by atoms with Crippen molar-refractivity contribution in [1.82, 2.24) is 10.3 Å². The minimum Gasteiger partial charge on any atom is -0.386 e. The van der Waals surface area contributed by atoms with E-state index in [-0.39, 0.29) is 5.54 Å². The van der Waals surface area contributed by atoms with Crippen LogP contribution in [0.2, 0.25) is 0 Å². The summed E-state index contributed by atoms with van der Waals surface area (Å²) in [7, 11) is 0. The van der Waals surface area contributed by atoms with Gasteiger partial charge >= 0.3 is 6.43 Å². The van der Waals surface area contributed by atoms with E-state index >= 15 is 0 Å². The monoisotopic (exact) mass is 379 g/mol. The first-order valence-electron chi connectivity index (χ1n) is 8.52. The van der Waals surface area contributed by atoms with Crippen molar-refractivity contribution in [1.29, 1.82) is 0 Å². The molecule has 0 unspecified atom stereocenters. The normalized spacial score (nSPS) is 17.4. The van der Waals surface area contributed by atoms with Crippen LogP contribution in [0.3, 0.4) is 0 Å². The van der Waals surface area contributed by atoms with Crippen molar-refractivity contribution >= 4 is 5.91 Å². The summed E-state index contributed by atoms with van der Waals surface area (Å²) in [6.45, 7) is -1.17. The van der Waals surface area contributed by atoms with Crippen LogP contribution in [0.15, 0.2) is 42.6 Å². The molecule has 0 aliphatic heterocycles. The number of pyridine rings is 1. The Morgan fingerprint density at radius 1 is 1.19 bits per heavy atom. The molecule has 27 heavy (non-hydrogen) atoms. The number of nitrogens with two attached hydrogens (primary N) is 1. The van der Waals surface area contributed by atoms with Crippen LogP contribution in [0.25, 0.3) is 11.1 Å². The summed E-state index contributed by atoms with van der Waals surface area (Å²) in [6, 6.07) is 8.84. The van der Waals surface area contributed by atoms with Crippen molar-refractivity contribution in [3.8, 4) is 11.1 Å². The maximum Gasteiger partial charge on any atom is 0.315 e. The number of rotatable bonds is 7. The van der Waals surface area contributed by atoms with Crippen molar-refractivity contribution in [2.75, 3.05) is 6.67 Å². The van der Waals surface area contributed by atoms with Gasteiger partial charge in [-0.15, -0.1) is 0 Å². The molecule has 2 atom stereocenters. The first-order chi connectivity index (χ1) is 12.8. The molecule has 1 amide bonds. The van der Waals surface area contributed by atoms with E-state index in [2.05, 4.69) is 4.98 Å². The van der Waals surface area contributed by atoms with Gasteiger partial charge in [0.15, 0.2) is 0 Å².